The van der Waals surface area contributed by atoms with Gasteiger partial charge in [0, 0.05) is 0 Å². The zero-order valence-corrected chi connectivity index (χ0v) is 21.1. The summed E-state index contributed by atoms with van der Waals surface area (Å²) >= 11 is 0. The van der Waals surface area contributed by atoms with E-state index in [0.717, 1.165) is 23.6 Å². The van der Waals surface area contributed by atoms with E-state index in [-0.39, 0.29) is 18.3 Å². The largest absolute Gasteiger partial charge is 0.486 e. The van der Waals surface area contributed by atoms with Crippen molar-refractivity contribution in [2.75, 3.05) is 5.32 Å². The van der Waals surface area contributed by atoms with Crippen LogP contribution in [0.2, 0.25) is 0 Å². The highest BCUT2D eigenvalue weighted by Crippen LogP contribution is 2.24. The van der Waals surface area contributed by atoms with Gasteiger partial charge in [0.2, 0.25) is 0 Å². The number of hydrogen-bond donors (Lipinski definition) is 1. The first-order chi connectivity index (χ1) is 16.9. The van der Waals surface area contributed by atoms with Crippen molar-refractivity contribution in [2.24, 2.45) is 0 Å². The molecule has 1 amide bonds. The average molecular weight is 472 g/mol. The molecule has 2 heterocycles. The first kappa shape index (κ1) is 24.3. The van der Waals surface area contributed by atoms with Gasteiger partial charge in [-0.3, -0.25) is 9.48 Å². The summed E-state index contributed by atoms with van der Waals surface area (Å²) in [6.07, 6.45) is 1.10. The molecule has 0 aliphatic rings. The van der Waals surface area contributed by atoms with Crippen LogP contribution in [0.25, 0.3) is 0 Å². The van der Waals surface area contributed by atoms with E-state index >= 15 is 0 Å². The normalized spacial score (nSPS) is 11.9. The van der Waals surface area contributed by atoms with E-state index < -0.39 is 0 Å². The van der Waals surface area contributed by atoms with Gasteiger partial charge in [0.05, 0.1) is 23.6 Å². The zero-order chi connectivity index (χ0) is 24.9. The summed E-state index contributed by atoms with van der Waals surface area (Å²) in [5, 5.41) is 7.60. The van der Waals surface area contributed by atoms with Crippen LogP contribution in [0.1, 0.15) is 70.6 Å². The van der Waals surface area contributed by atoms with E-state index in [0.29, 0.717) is 23.9 Å². The molecular formula is C29H33N3O3. The average Bonchev–Trinajstić information content (AvgIpc) is 3.44. The molecule has 6 heteroatoms. The van der Waals surface area contributed by atoms with E-state index in [4.69, 9.17) is 9.15 Å². The lowest BCUT2D eigenvalue weighted by Crippen LogP contribution is -2.12. The second kappa shape index (κ2) is 10.6. The van der Waals surface area contributed by atoms with Gasteiger partial charge in [-0.15, -0.1) is 0 Å². The van der Waals surface area contributed by atoms with Crippen molar-refractivity contribution in [2.45, 2.75) is 60.1 Å². The molecule has 0 saturated heterocycles. The van der Waals surface area contributed by atoms with Crippen LogP contribution in [0, 0.1) is 20.8 Å². The van der Waals surface area contributed by atoms with Gasteiger partial charge in [-0.2, -0.15) is 5.10 Å². The van der Waals surface area contributed by atoms with Crippen molar-refractivity contribution in [1.29, 1.82) is 0 Å². The minimum atomic E-state index is -0.309. The van der Waals surface area contributed by atoms with Crippen LogP contribution in [0.3, 0.4) is 0 Å². The summed E-state index contributed by atoms with van der Waals surface area (Å²) in [5.41, 5.74) is 6.07. The fourth-order valence-electron chi connectivity index (χ4n) is 4.02. The Hall–Kier alpha value is -3.80. The maximum Gasteiger partial charge on any atom is 0.291 e. The smallest absolute Gasteiger partial charge is 0.291 e. The van der Waals surface area contributed by atoms with E-state index in [1.54, 1.807) is 12.1 Å². The maximum atomic E-state index is 12.9. The van der Waals surface area contributed by atoms with E-state index in [1.165, 1.54) is 16.7 Å². The molecule has 35 heavy (non-hydrogen) atoms. The van der Waals surface area contributed by atoms with Crippen molar-refractivity contribution < 1.29 is 13.9 Å². The van der Waals surface area contributed by atoms with E-state index in [2.05, 4.69) is 55.5 Å². The molecule has 182 valence electrons. The number of nitrogens with one attached hydrogen (secondary N) is 1. The first-order valence-electron chi connectivity index (χ1n) is 12.1. The van der Waals surface area contributed by atoms with E-state index in [9.17, 15) is 4.79 Å². The van der Waals surface area contributed by atoms with Crippen LogP contribution in [-0.4, -0.2) is 15.7 Å². The molecule has 0 spiro atoms. The van der Waals surface area contributed by atoms with Crippen molar-refractivity contribution in [1.82, 2.24) is 9.78 Å². The van der Waals surface area contributed by atoms with E-state index in [1.807, 2.05) is 42.8 Å². The van der Waals surface area contributed by atoms with Crippen LogP contribution >= 0.6 is 0 Å². The number of aryl methyl sites for hydroxylation is 2. The predicted octanol–water partition coefficient (Wildman–Crippen LogP) is 6.79. The Bertz CT molecular complexity index is 1300. The molecule has 4 rings (SSSR count). The molecule has 0 radical (unpaired) electrons. The molecule has 0 saturated carbocycles. The molecule has 1 atom stereocenters. The Labute approximate surface area is 206 Å². The summed E-state index contributed by atoms with van der Waals surface area (Å²) in [4.78, 5) is 12.9. The Morgan fingerprint density at radius 2 is 1.80 bits per heavy atom. The third-order valence-electron chi connectivity index (χ3n) is 6.53. The van der Waals surface area contributed by atoms with Crippen molar-refractivity contribution in [3.63, 3.8) is 0 Å². The third kappa shape index (κ3) is 5.65. The molecule has 2 aromatic heterocycles. The second-order valence-corrected chi connectivity index (χ2v) is 9.02. The Kier molecular flexibility index (Phi) is 7.39. The number of amides is 1. The monoisotopic (exact) mass is 471 g/mol. The van der Waals surface area contributed by atoms with Crippen LogP contribution in [0.5, 0.6) is 5.75 Å². The molecule has 6 nitrogen and oxygen atoms in total. The lowest BCUT2D eigenvalue weighted by atomic mass is 9.99. The van der Waals surface area contributed by atoms with Crippen LogP contribution in [0.15, 0.2) is 65.1 Å². The summed E-state index contributed by atoms with van der Waals surface area (Å²) in [6.45, 7) is 11.2. The van der Waals surface area contributed by atoms with Crippen LogP contribution in [-0.2, 0) is 13.2 Å². The Morgan fingerprint density at radius 1 is 1.06 bits per heavy atom. The van der Waals surface area contributed by atoms with Gasteiger partial charge in [-0.1, -0.05) is 50.2 Å². The lowest BCUT2D eigenvalue weighted by molar-refractivity contribution is 0.0992. The first-order valence-corrected chi connectivity index (χ1v) is 12.1. The fraction of sp³-hybridized carbons (Fsp3) is 0.310. The standard InChI is InChI=1S/C29H33N3O3/c1-6-19(2)23-11-13-25(14-12-23)34-18-26-15-16-27(35-26)29(33)30-28-21(4)31-32(22(28)5)17-24-10-8-7-9-20(24)3/h7-16,19H,6,17-18H2,1-5H3,(H,30,33). The van der Waals surface area contributed by atoms with Crippen LogP contribution in [0.4, 0.5) is 5.69 Å². The highest BCUT2D eigenvalue weighted by Gasteiger charge is 2.18. The number of ether oxygens (including phenoxy) is 1. The molecule has 0 fully saturated rings. The number of anilines is 1. The Morgan fingerprint density at radius 3 is 2.51 bits per heavy atom. The molecule has 0 aliphatic heterocycles. The number of furan rings is 1. The number of nitrogens with zero attached hydrogens (tertiary/aromatic N) is 2. The van der Waals surface area contributed by atoms with Gasteiger partial charge >= 0.3 is 0 Å². The molecular weight excluding hydrogens is 438 g/mol. The quantitative estimate of drug-likeness (QED) is 0.292. The number of rotatable bonds is 9. The zero-order valence-electron chi connectivity index (χ0n) is 21.1. The number of benzene rings is 2. The molecule has 1 unspecified atom stereocenters. The number of hydrogen-bond acceptors (Lipinski definition) is 4. The Balaban J connectivity index is 1.38. The van der Waals surface area contributed by atoms with Gasteiger partial charge < -0.3 is 14.5 Å². The van der Waals surface area contributed by atoms with Crippen molar-refractivity contribution >= 4 is 11.6 Å². The summed E-state index contributed by atoms with van der Waals surface area (Å²) in [7, 11) is 0. The van der Waals surface area contributed by atoms with Gasteiger partial charge in [-0.05, 0) is 74.1 Å². The molecule has 1 N–H and O–H groups in total. The van der Waals surface area contributed by atoms with Crippen LogP contribution < -0.4 is 10.1 Å². The number of aromatic nitrogens is 2. The summed E-state index contributed by atoms with van der Waals surface area (Å²) in [5.74, 6) is 1.81. The molecule has 2 aromatic carbocycles. The minimum absolute atomic E-state index is 0.237. The van der Waals surface area contributed by atoms with Gasteiger partial charge in [0.25, 0.3) is 5.91 Å². The van der Waals surface area contributed by atoms with Gasteiger partial charge in [0.15, 0.2) is 5.76 Å². The number of carbonyl (C=O) groups is 1. The molecule has 0 aliphatic carbocycles. The van der Waals surface area contributed by atoms with Crippen molar-refractivity contribution in [3.8, 4) is 5.75 Å². The summed E-state index contributed by atoms with van der Waals surface area (Å²) in [6, 6.07) is 19.8. The van der Waals surface area contributed by atoms with Gasteiger partial charge in [0.1, 0.15) is 18.1 Å². The van der Waals surface area contributed by atoms with Gasteiger partial charge in [-0.25, -0.2) is 0 Å². The maximum absolute atomic E-state index is 12.9. The SMILES string of the molecule is CCC(C)c1ccc(OCc2ccc(C(=O)Nc3c(C)nn(Cc4ccccc4C)c3C)o2)cc1. The second-order valence-electron chi connectivity index (χ2n) is 9.02. The highest BCUT2D eigenvalue weighted by atomic mass is 16.5. The summed E-state index contributed by atoms with van der Waals surface area (Å²) < 4.78 is 13.5. The lowest BCUT2D eigenvalue weighted by Gasteiger charge is -2.10. The topological polar surface area (TPSA) is 69.3 Å². The molecule has 0 bridgehead atoms. The molecule has 4 aromatic rings. The highest BCUT2D eigenvalue weighted by molar-refractivity contribution is 6.02. The fourth-order valence-corrected chi connectivity index (χ4v) is 4.02. The van der Waals surface area contributed by atoms with Crippen molar-refractivity contribution in [3.05, 3.63) is 100 Å². The number of carbonyl (C=O) groups excluding carboxylic acids is 1. The third-order valence-corrected chi connectivity index (χ3v) is 6.53. The predicted molar refractivity (Wildman–Crippen MR) is 138 cm³/mol. The minimum Gasteiger partial charge on any atom is -0.486 e.